The lowest BCUT2D eigenvalue weighted by Gasteiger charge is -2.14. The predicted molar refractivity (Wildman–Crippen MR) is 71.2 cm³/mol. The zero-order chi connectivity index (χ0) is 13.3. The number of hydrogen-bond donors (Lipinski definition) is 0. The van der Waals surface area contributed by atoms with Crippen molar-refractivity contribution in [3.63, 3.8) is 0 Å². The van der Waals surface area contributed by atoms with Gasteiger partial charge in [-0.25, -0.2) is 4.98 Å². The van der Waals surface area contributed by atoms with Crippen molar-refractivity contribution in [2.45, 2.75) is 26.7 Å². The fourth-order valence-electron chi connectivity index (χ4n) is 1.81. The molecule has 0 aliphatic carbocycles. The molecule has 0 aliphatic rings. The summed E-state index contributed by atoms with van der Waals surface area (Å²) in [5.74, 6) is 0. The van der Waals surface area contributed by atoms with Crippen molar-refractivity contribution >= 4 is 21.6 Å². The molecule has 6 heteroatoms. The average molecular weight is 268 g/mol. The first-order chi connectivity index (χ1) is 8.58. The van der Waals surface area contributed by atoms with Gasteiger partial charge in [-0.2, -0.15) is 0 Å². The Kier molecular flexibility index (Phi) is 3.79. The van der Waals surface area contributed by atoms with Gasteiger partial charge in [-0.05, 0) is 19.4 Å². The van der Waals surface area contributed by atoms with E-state index in [0.717, 1.165) is 15.3 Å². The maximum atomic E-state index is 12.3. The Morgan fingerprint density at radius 2 is 2.06 bits per heavy atom. The van der Waals surface area contributed by atoms with Gasteiger partial charge >= 0.3 is 0 Å². The summed E-state index contributed by atoms with van der Waals surface area (Å²) in [7, 11) is 3.09. The molecule has 2 aromatic heterocycles. The molecule has 5 nitrogen and oxygen atoms in total. The predicted octanol–water partition coefficient (Wildman–Crippen LogP) is 1.69. The molecule has 0 amide bonds. The van der Waals surface area contributed by atoms with Crippen LogP contribution in [0.15, 0.2) is 11.1 Å². The number of thiophene rings is 1. The highest BCUT2D eigenvalue weighted by molar-refractivity contribution is 7.18. The number of methoxy groups -OCH3 is 2. The molecule has 0 unspecified atom stereocenters. The molecule has 0 saturated carbocycles. The molecule has 0 atom stereocenters. The van der Waals surface area contributed by atoms with Gasteiger partial charge in [0.2, 0.25) is 0 Å². The third kappa shape index (κ3) is 2.19. The SMILES string of the molecule is COC(Cn1cnc2sc(C)c(C)c2c1=O)OC. The standard InChI is InChI=1S/C12H16N2O3S/c1-7-8(2)18-11-10(7)12(15)14(6-13-11)5-9(16-3)17-4/h6,9H,5H2,1-4H3. The normalized spacial score (nSPS) is 11.6. The van der Waals surface area contributed by atoms with Crippen LogP contribution in [0, 0.1) is 13.8 Å². The van der Waals surface area contributed by atoms with Crippen molar-refractivity contribution < 1.29 is 9.47 Å². The van der Waals surface area contributed by atoms with E-state index in [1.54, 1.807) is 31.9 Å². The number of ether oxygens (including phenoxy) is 2. The van der Waals surface area contributed by atoms with E-state index in [4.69, 9.17) is 9.47 Å². The van der Waals surface area contributed by atoms with Crippen LogP contribution in [-0.2, 0) is 16.0 Å². The zero-order valence-electron chi connectivity index (χ0n) is 10.9. The lowest BCUT2D eigenvalue weighted by atomic mass is 10.2. The van der Waals surface area contributed by atoms with Crippen molar-refractivity contribution in [2.24, 2.45) is 0 Å². The first kappa shape index (κ1) is 13.2. The van der Waals surface area contributed by atoms with Crippen molar-refractivity contribution in [1.29, 1.82) is 0 Å². The second kappa shape index (κ2) is 5.17. The number of nitrogens with zero attached hydrogens (tertiary/aromatic N) is 2. The molecule has 0 saturated heterocycles. The minimum Gasteiger partial charge on any atom is -0.354 e. The number of aromatic nitrogens is 2. The maximum Gasteiger partial charge on any atom is 0.262 e. The Morgan fingerprint density at radius 1 is 1.39 bits per heavy atom. The van der Waals surface area contributed by atoms with Gasteiger partial charge in [0.25, 0.3) is 5.56 Å². The van der Waals surface area contributed by atoms with E-state index in [1.165, 1.54) is 4.57 Å². The topological polar surface area (TPSA) is 53.4 Å². The Labute approximate surface area is 109 Å². The van der Waals surface area contributed by atoms with E-state index in [-0.39, 0.29) is 5.56 Å². The Hall–Kier alpha value is -1.24. The summed E-state index contributed by atoms with van der Waals surface area (Å²) in [4.78, 5) is 18.6. The van der Waals surface area contributed by atoms with Crippen molar-refractivity contribution in [1.82, 2.24) is 9.55 Å². The van der Waals surface area contributed by atoms with Crippen LogP contribution >= 0.6 is 11.3 Å². The summed E-state index contributed by atoms with van der Waals surface area (Å²) in [6.45, 7) is 4.29. The molecule has 0 radical (unpaired) electrons. The fraction of sp³-hybridized carbons (Fsp3) is 0.500. The average Bonchev–Trinajstić information content (AvgIpc) is 2.65. The second-order valence-electron chi connectivity index (χ2n) is 4.07. The van der Waals surface area contributed by atoms with Gasteiger partial charge in [-0.1, -0.05) is 0 Å². The van der Waals surface area contributed by atoms with Crippen molar-refractivity contribution in [2.75, 3.05) is 14.2 Å². The highest BCUT2D eigenvalue weighted by Crippen LogP contribution is 2.25. The van der Waals surface area contributed by atoms with Crippen LogP contribution in [0.1, 0.15) is 10.4 Å². The van der Waals surface area contributed by atoms with E-state index >= 15 is 0 Å². The Bertz CT molecular complexity index is 614. The summed E-state index contributed by atoms with van der Waals surface area (Å²) in [5, 5.41) is 0.700. The zero-order valence-corrected chi connectivity index (χ0v) is 11.7. The van der Waals surface area contributed by atoms with Gasteiger partial charge in [0.1, 0.15) is 4.83 Å². The number of rotatable bonds is 4. The molecular weight excluding hydrogens is 252 g/mol. The van der Waals surface area contributed by atoms with E-state index < -0.39 is 6.29 Å². The van der Waals surface area contributed by atoms with Crippen LogP contribution in [-0.4, -0.2) is 30.1 Å². The van der Waals surface area contributed by atoms with Crippen LogP contribution < -0.4 is 5.56 Å². The van der Waals surface area contributed by atoms with Gasteiger partial charge in [0.15, 0.2) is 6.29 Å². The van der Waals surface area contributed by atoms with Crippen LogP contribution in [0.4, 0.5) is 0 Å². The smallest absolute Gasteiger partial charge is 0.262 e. The molecule has 18 heavy (non-hydrogen) atoms. The lowest BCUT2D eigenvalue weighted by molar-refractivity contribution is -0.111. The van der Waals surface area contributed by atoms with Crippen LogP contribution in [0.25, 0.3) is 10.2 Å². The van der Waals surface area contributed by atoms with Gasteiger partial charge < -0.3 is 9.47 Å². The molecule has 98 valence electrons. The molecule has 0 bridgehead atoms. The third-order valence-electron chi connectivity index (χ3n) is 3.03. The second-order valence-corrected chi connectivity index (χ2v) is 5.27. The molecule has 0 aliphatic heterocycles. The first-order valence-electron chi connectivity index (χ1n) is 5.59. The van der Waals surface area contributed by atoms with E-state index in [1.807, 2.05) is 13.8 Å². The number of fused-ring (bicyclic) bond motifs is 1. The van der Waals surface area contributed by atoms with Crippen molar-refractivity contribution in [3.8, 4) is 0 Å². The van der Waals surface area contributed by atoms with Crippen molar-refractivity contribution in [3.05, 3.63) is 27.1 Å². The van der Waals surface area contributed by atoms with E-state index in [9.17, 15) is 4.79 Å². The summed E-state index contributed by atoms with van der Waals surface area (Å²) in [6.07, 6.45) is 1.10. The van der Waals surface area contributed by atoms with Crippen LogP contribution in [0.2, 0.25) is 0 Å². The largest absolute Gasteiger partial charge is 0.354 e. The van der Waals surface area contributed by atoms with E-state index in [0.29, 0.717) is 11.9 Å². The fourth-order valence-corrected chi connectivity index (χ4v) is 2.79. The van der Waals surface area contributed by atoms with Gasteiger partial charge in [0, 0.05) is 19.1 Å². The Balaban J connectivity index is 2.51. The van der Waals surface area contributed by atoms with Gasteiger partial charge in [-0.15, -0.1) is 11.3 Å². The monoisotopic (exact) mass is 268 g/mol. The molecule has 0 fully saturated rings. The van der Waals surface area contributed by atoms with Crippen LogP contribution in [0.3, 0.4) is 0 Å². The summed E-state index contributed by atoms with van der Waals surface area (Å²) >= 11 is 1.55. The first-order valence-corrected chi connectivity index (χ1v) is 6.40. The highest BCUT2D eigenvalue weighted by Gasteiger charge is 2.14. The van der Waals surface area contributed by atoms with Gasteiger partial charge in [0.05, 0.1) is 18.3 Å². The quantitative estimate of drug-likeness (QED) is 0.792. The molecule has 0 N–H and O–H groups in total. The summed E-state index contributed by atoms with van der Waals surface area (Å²) in [5.41, 5.74) is 0.967. The molecule has 2 rings (SSSR count). The molecule has 2 aromatic rings. The minimum absolute atomic E-state index is 0.0408. The van der Waals surface area contributed by atoms with Crippen LogP contribution in [0.5, 0.6) is 0 Å². The van der Waals surface area contributed by atoms with Gasteiger partial charge in [-0.3, -0.25) is 9.36 Å². The summed E-state index contributed by atoms with van der Waals surface area (Å²) < 4.78 is 11.7. The van der Waals surface area contributed by atoms with E-state index in [2.05, 4.69) is 4.98 Å². The number of hydrogen-bond acceptors (Lipinski definition) is 5. The summed E-state index contributed by atoms with van der Waals surface area (Å²) in [6, 6.07) is 0. The number of aryl methyl sites for hydroxylation is 2. The molecule has 0 aromatic carbocycles. The molecular formula is C12H16N2O3S. The Morgan fingerprint density at radius 3 is 2.67 bits per heavy atom. The maximum absolute atomic E-state index is 12.3. The highest BCUT2D eigenvalue weighted by atomic mass is 32.1. The lowest BCUT2D eigenvalue weighted by Crippen LogP contribution is -2.29. The molecule has 0 spiro atoms. The molecule has 2 heterocycles. The minimum atomic E-state index is -0.443. The third-order valence-corrected chi connectivity index (χ3v) is 4.14.